The molecule has 3 aromatic carbocycles. The second-order valence-corrected chi connectivity index (χ2v) is 10.4. The number of hydrogen-bond acceptors (Lipinski definition) is 4. The van der Waals surface area contributed by atoms with Gasteiger partial charge in [-0.15, -0.1) is 0 Å². The van der Waals surface area contributed by atoms with Gasteiger partial charge in [-0.05, 0) is 60.0 Å². The van der Waals surface area contributed by atoms with Gasteiger partial charge in [-0.3, -0.25) is 4.79 Å². The van der Waals surface area contributed by atoms with E-state index < -0.39 is 0 Å². The number of amides is 1. The van der Waals surface area contributed by atoms with Gasteiger partial charge in [0.05, 0.1) is 18.8 Å². The van der Waals surface area contributed by atoms with Gasteiger partial charge >= 0.3 is 0 Å². The fraction of sp³-hybridized carbons (Fsp3) is 0.345. The molecule has 5 rings (SSSR count). The third kappa shape index (κ3) is 4.87. The van der Waals surface area contributed by atoms with Gasteiger partial charge in [0.15, 0.2) is 0 Å². The van der Waals surface area contributed by atoms with Crippen LogP contribution in [-0.4, -0.2) is 51.1 Å². The minimum Gasteiger partial charge on any atom is -0.495 e. The zero-order valence-corrected chi connectivity index (χ0v) is 22.2. The summed E-state index contributed by atoms with van der Waals surface area (Å²) in [5.74, 6) is 1.25. The largest absolute Gasteiger partial charge is 0.495 e. The van der Waals surface area contributed by atoms with Crippen LogP contribution in [0.25, 0.3) is 0 Å². The number of hydrogen-bond donors (Lipinski definition) is 0. The molecule has 0 aliphatic carbocycles. The summed E-state index contributed by atoms with van der Waals surface area (Å²) in [5.41, 5.74) is 4.65. The van der Waals surface area contributed by atoms with E-state index in [1.807, 2.05) is 41.3 Å². The third-order valence-electron chi connectivity index (χ3n) is 7.51. The molecule has 0 N–H and O–H groups in total. The zero-order chi connectivity index (χ0) is 25.2. The first kappa shape index (κ1) is 24.8. The molecule has 0 radical (unpaired) electrons. The lowest BCUT2D eigenvalue weighted by Gasteiger charge is -2.37. The van der Waals surface area contributed by atoms with Crippen molar-refractivity contribution >= 4 is 40.5 Å². The second-order valence-electron chi connectivity index (χ2n) is 9.50. The lowest BCUT2D eigenvalue weighted by atomic mass is 9.86. The molecule has 0 spiro atoms. The number of ether oxygens (including phenoxy) is 1. The van der Waals surface area contributed by atoms with Crippen molar-refractivity contribution in [2.24, 2.45) is 0 Å². The number of rotatable bonds is 6. The number of para-hydroxylation sites is 2. The summed E-state index contributed by atoms with van der Waals surface area (Å²) < 4.78 is 5.52. The molecule has 1 saturated heterocycles. The van der Waals surface area contributed by atoms with E-state index in [0.29, 0.717) is 19.5 Å². The summed E-state index contributed by atoms with van der Waals surface area (Å²) in [4.78, 5) is 19.9. The quantitative estimate of drug-likeness (QED) is 0.374. The van der Waals surface area contributed by atoms with Crippen LogP contribution in [0.3, 0.4) is 0 Å². The van der Waals surface area contributed by atoms with Crippen molar-refractivity contribution < 1.29 is 9.53 Å². The van der Waals surface area contributed by atoms with Crippen LogP contribution in [0.5, 0.6) is 5.75 Å². The van der Waals surface area contributed by atoms with E-state index in [0.717, 1.165) is 41.0 Å². The van der Waals surface area contributed by atoms with Crippen LogP contribution in [0.2, 0.25) is 10.0 Å². The number of anilines is 2. The zero-order valence-electron chi connectivity index (χ0n) is 20.7. The molecule has 3 aromatic rings. The number of methoxy groups -OCH3 is 1. The first-order valence-electron chi connectivity index (χ1n) is 12.4. The SMILES string of the molecule is COc1ccccc1N1CCN(C(=O)CCC2c3cc(Cl)ccc3N(C)C2c2ccc(Cl)cc2)CC1. The highest BCUT2D eigenvalue weighted by Crippen LogP contribution is 2.51. The highest BCUT2D eigenvalue weighted by atomic mass is 35.5. The molecule has 2 atom stereocenters. The summed E-state index contributed by atoms with van der Waals surface area (Å²) in [6.07, 6.45) is 1.26. The molecule has 36 heavy (non-hydrogen) atoms. The number of halogens is 2. The van der Waals surface area contributed by atoms with E-state index >= 15 is 0 Å². The molecule has 188 valence electrons. The number of carbonyl (C=O) groups is 1. The molecule has 5 nitrogen and oxygen atoms in total. The topological polar surface area (TPSA) is 36.0 Å². The van der Waals surface area contributed by atoms with E-state index in [1.54, 1.807) is 7.11 Å². The highest BCUT2D eigenvalue weighted by molar-refractivity contribution is 6.31. The van der Waals surface area contributed by atoms with E-state index in [-0.39, 0.29) is 17.9 Å². The standard InChI is InChI=1S/C29H31Cl2N3O2/c1-32-25-13-11-22(31)19-24(25)23(29(32)20-7-9-21(30)10-8-20)12-14-28(35)34-17-15-33(16-18-34)26-5-3-4-6-27(26)36-2/h3-11,13,19,23,29H,12,14-18H2,1-2H3. The van der Waals surface area contributed by atoms with E-state index in [4.69, 9.17) is 27.9 Å². The highest BCUT2D eigenvalue weighted by Gasteiger charge is 2.38. The summed E-state index contributed by atoms with van der Waals surface area (Å²) in [5, 5.41) is 1.45. The normalized spacial score (nSPS) is 19.4. The smallest absolute Gasteiger partial charge is 0.222 e. The van der Waals surface area contributed by atoms with Gasteiger partial charge in [0, 0.05) is 61.3 Å². The third-order valence-corrected chi connectivity index (χ3v) is 7.99. The van der Waals surface area contributed by atoms with Gasteiger partial charge in [0.2, 0.25) is 5.91 Å². The van der Waals surface area contributed by atoms with Crippen LogP contribution in [0.4, 0.5) is 11.4 Å². The van der Waals surface area contributed by atoms with Crippen LogP contribution in [0, 0.1) is 0 Å². The van der Waals surface area contributed by atoms with Crippen molar-refractivity contribution in [1.82, 2.24) is 4.90 Å². The van der Waals surface area contributed by atoms with Crippen LogP contribution < -0.4 is 14.5 Å². The Balaban J connectivity index is 1.28. The van der Waals surface area contributed by atoms with Crippen LogP contribution in [0.1, 0.15) is 35.9 Å². The van der Waals surface area contributed by atoms with Gasteiger partial charge in [0.25, 0.3) is 0 Å². The molecule has 0 aromatic heterocycles. The molecular weight excluding hydrogens is 493 g/mol. The van der Waals surface area contributed by atoms with Crippen LogP contribution in [-0.2, 0) is 4.79 Å². The Morgan fingerprint density at radius 1 is 0.917 bits per heavy atom. The maximum absolute atomic E-state index is 13.3. The first-order valence-corrected chi connectivity index (χ1v) is 13.2. The Morgan fingerprint density at radius 3 is 2.33 bits per heavy atom. The average Bonchev–Trinajstić information content (AvgIpc) is 3.18. The average molecular weight is 524 g/mol. The maximum atomic E-state index is 13.3. The first-order chi connectivity index (χ1) is 17.5. The van der Waals surface area contributed by atoms with Gasteiger partial charge in [-0.1, -0.05) is 47.5 Å². The number of carbonyl (C=O) groups excluding carboxylic acids is 1. The maximum Gasteiger partial charge on any atom is 0.222 e. The molecule has 2 heterocycles. The van der Waals surface area contributed by atoms with Crippen LogP contribution >= 0.6 is 23.2 Å². The number of likely N-dealkylation sites (N-methyl/N-ethyl adjacent to an activating group) is 1. The number of fused-ring (bicyclic) bond motifs is 1. The fourth-order valence-corrected chi connectivity index (χ4v) is 5.99. The number of benzene rings is 3. The van der Waals surface area contributed by atoms with Crippen molar-refractivity contribution in [2.45, 2.75) is 24.8 Å². The summed E-state index contributed by atoms with van der Waals surface area (Å²) in [6.45, 7) is 3.02. The molecule has 7 heteroatoms. The Bertz CT molecular complexity index is 1230. The molecule has 0 saturated carbocycles. The van der Waals surface area contributed by atoms with Crippen LogP contribution in [0.15, 0.2) is 66.7 Å². The van der Waals surface area contributed by atoms with Gasteiger partial charge in [0.1, 0.15) is 5.75 Å². The minimum absolute atomic E-state index is 0.130. The Labute approximate surface area is 223 Å². The molecule has 2 aliphatic rings. The summed E-state index contributed by atoms with van der Waals surface area (Å²) in [7, 11) is 3.81. The predicted octanol–water partition coefficient (Wildman–Crippen LogP) is 6.41. The van der Waals surface area contributed by atoms with Crippen molar-refractivity contribution in [2.75, 3.05) is 50.1 Å². The fourth-order valence-electron chi connectivity index (χ4n) is 5.69. The molecule has 0 bridgehead atoms. The Kier molecular flexibility index (Phi) is 7.31. The lowest BCUT2D eigenvalue weighted by Crippen LogP contribution is -2.48. The van der Waals surface area contributed by atoms with E-state index in [9.17, 15) is 4.79 Å². The second kappa shape index (κ2) is 10.6. The van der Waals surface area contributed by atoms with Gasteiger partial charge in [-0.25, -0.2) is 0 Å². The minimum atomic E-state index is 0.130. The predicted molar refractivity (Wildman–Crippen MR) is 148 cm³/mol. The Morgan fingerprint density at radius 2 is 1.61 bits per heavy atom. The van der Waals surface area contributed by atoms with Crippen molar-refractivity contribution in [3.8, 4) is 5.75 Å². The number of piperazine rings is 1. The van der Waals surface area contributed by atoms with Crippen molar-refractivity contribution in [1.29, 1.82) is 0 Å². The summed E-state index contributed by atoms with van der Waals surface area (Å²) >= 11 is 12.6. The molecule has 2 aliphatic heterocycles. The Hall–Kier alpha value is -2.89. The van der Waals surface area contributed by atoms with Crippen molar-refractivity contribution in [3.63, 3.8) is 0 Å². The summed E-state index contributed by atoms with van der Waals surface area (Å²) in [6, 6.07) is 22.3. The lowest BCUT2D eigenvalue weighted by molar-refractivity contribution is -0.131. The van der Waals surface area contributed by atoms with Crippen molar-refractivity contribution in [3.05, 3.63) is 87.9 Å². The molecule has 1 fully saturated rings. The molecular formula is C29H31Cl2N3O2. The molecule has 1 amide bonds. The van der Waals surface area contributed by atoms with E-state index in [2.05, 4.69) is 47.2 Å². The van der Waals surface area contributed by atoms with Gasteiger partial charge in [-0.2, -0.15) is 0 Å². The van der Waals surface area contributed by atoms with E-state index in [1.165, 1.54) is 16.8 Å². The molecule has 2 unspecified atom stereocenters. The number of nitrogens with zero attached hydrogens (tertiary/aromatic N) is 3. The van der Waals surface area contributed by atoms with Gasteiger partial charge < -0.3 is 19.4 Å². The monoisotopic (exact) mass is 523 g/mol.